The first-order valence-corrected chi connectivity index (χ1v) is 5.72. The van der Waals surface area contributed by atoms with E-state index in [1.165, 1.54) is 0 Å². The Labute approximate surface area is 102 Å². The Morgan fingerprint density at radius 2 is 2.19 bits per heavy atom. The molecule has 0 radical (unpaired) electrons. The van der Waals surface area contributed by atoms with Gasteiger partial charge in [-0.25, -0.2) is 0 Å². The minimum absolute atomic E-state index is 0.0201. The second kappa shape index (κ2) is 4.61. The summed E-state index contributed by atoms with van der Waals surface area (Å²) < 4.78 is 2.53. The molecule has 0 saturated heterocycles. The van der Waals surface area contributed by atoms with Gasteiger partial charge >= 0.3 is 0 Å². The molecule has 3 nitrogen and oxygen atoms in total. The first-order chi connectivity index (χ1) is 7.66. The van der Waals surface area contributed by atoms with E-state index in [2.05, 4.69) is 20.9 Å². The first-order valence-electron chi connectivity index (χ1n) is 4.93. The quantitative estimate of drug-likeness (QED) is 0.845. The molecule has 0 fully saturated rings. The molecule has 0 aliphatic rings. The van der Waals surface area contributed by atoms with Crippen LogP contribution in [0.5, 0.6) is 0 Å². The van der Waals surface area contributed by atoms with E-state index >= 15 is 0 Å². The molecule has 2 rings (SSSR count). The number of halogens is 1. The smallest absolute Gasteiger partial charge is 0.250 e. The van der Waals surface area contributed by atoms with Gasteiger partial charge in [-0.2, -0.15) is 0 Å². The zero-order valence-electron chi connectivity index (χ0n) is 8.85. The third kappa shape index (κ3) is 2.39. The number of rotatable bonds is 2. The maximum atomic E-state index is 11.6. The third-order valence-electron chi connectivity index (χ3n) is 2.39. The van der Waals surface area contributed by atoms with E-state index in [1.807, 2.05) is 19.1 Å². The van der Waals surface area contributed by atoms with Gasteiger partial charge in [-0.15, -0.1) is 0 Å². The van der Waals surface area contributed by atoms with Crippen molar-refractivity contribution in [1.82, 2.24) is 9.55 Å². The van der Waals surface area contributed by atoms with Crippen LogP contribution in [0.2, 0.25) is 0 Å². The van der Waals surface area contributed by atoms with Gasteiger partial charge in [-0.1, -0.05) is 6.07 Å². The Bertz CT molecular complexity index is 563. The number of aryl methyl sites for hydroxylation is 1. The molecule has 0 aliphatic heterocycles. The summed E-state index contributed by atoms with van der Waals surface area (Å²) in [6.45, 7) is 2.50. The SMILES string of the molecule is Cc1cccnc1Cn1cc(Br)ccc1=O. The van der Waals surface area contributed by atoms with Crippen LogP contribution in [0.15, 0.2) is 45.9 Å². The molecule has 0 aromatic carbocycles. The van der Waals surface area contributed by atoms with Crippen molar-refractivity contribution in [3.8, 4) is 0 Å². The zero-order valence-corrected chi connectivity index (χ0v) is 10.4. The highest BCUT2D eigenvalue weighted by Crippen LogP contribution is 2.08. The molecule has 4 heteroatoms. The van der Waals surface area contributed by atoms with Gasteiger partial charge in [0.2, 0.25) is 0 Å². The maximum Gasteiger partial charge on any atom is 0.250 e. The van der Waals surface area contributed by atoms with E-state index in [0.29, 0.717) is 6.54 Å². The van der Waals surface area contributed by atoms with Crippen LogP contribution in [0.3, 0.4) is 0 Å². The summed E-state index contributed by atoms with van der Waals surface area (Å²) in [5, 5.41) is 0. The Kier molecular flexibility index (Phi) is 3.19. The largest absolute Gasteiger partial charge is 0.308 e. The van der Waals surface area contributed by atoms with Crippen LogP contribution in [0.25, 0.3) is 0 Å². The highest BCUT2D eigenvalue weighted by molar-refractivity contribution is 9.10. The van der Waals surface area contributed by atoms with Gasteiger partial charge in [0, 0.05) is 22.9 Å². The molecule has 0 amide bonds. The Morgan fingerprint density at radius 1 is 1.38 bits per heavy atom. The van der Waals surface area contributed by atoms with Crippen molar-refractivity contribution in [2.45, 2.75) is 13.5 Å². The maximum absolute atomic E-state index is 11.6. The summed E-state index contributed by atoms with van der Waals surface area (Å²) >= 11 is 3.35. The topological polar surface area (TPSA) is 34.9 Å². The summed E-state index contributed by atoms with van der Waals surface area (Å²) in [6.07, 6.45) is 3.52. The summed E-state index contributed by atoms with van der Waals surface area (Å²) in [4.78, 5) is 15.9. The lowest BCUT2D eigenvalue weighted by atomic mass is 10.2. The van der Waals surface area contributed by atoms with Gasteiger partial charge in [0.15, 0.2) is 0 Å². The molecule has 0 saturated carbocycles. The van der Waals surface area contributed by atoms with Crippen LogP contribution in [-0.2, 0) is 6.54 Å². The summed E-state index contributed by atoms with van der Waals surface area (Å²) in [5.41, 5.74) is 1.99. The molecule has 2 aromatic heterocycles. The van der Waals surface area contributed by atoms with Crippen LogP contribution >= 0.6 is 15.9 Å². The third-order valence-corrected chi connectivity index (χ3v) is 2.85. The lowest BCUT2D eigenvalue weighted by molar-refractivity contribution is 0.731. The normalized spacial score (nSPS) is 10.4. The van der Waals surface area contributed by atoms with Gasteiger partial charge < -0.3 is 4.57 Å². The van der Waals surface area contributed by atoms with E-state index in [0.717, 1.165) is 15.7 Å². The zero-order chi connectivity index (χ0) is 11.5. The number of hydrogen-bond donors (Lipinski definition) is 0. The molecule has 0 spiro atoms. The fraction of sp³-hybridized carbons (Fsp3) is 0.167. The van der Waals surface area contributed by atoms with Crippen molar-refractivity contribution in [2.24, 2.45) is 0 Å². The molecule has 0 N–H and O–H groups in total. The van der Waals surface area contributed by atoms with Crippen LogP contribution in [0.1, 0.15) is 11.3 Å². The van der Waals surface area contributed by atoms with Crippen molar-refractivity contribution in [3.63, 3.8) is 0 Å². The Morgan fingerprint density at radius 3 is 2.94 bits per heavy atom. The lowest BCUT2D eigenvalue weighted by Gasteiger charge is -2.07. The molecule has 0 atom stereocenters. The molecule has 2 heterocycles. The summed E-state index contributed by atoms with van der Waals surface area (Å²) in [6, 6.07) is 7.17. The van der Waals surface area contributed by atoms with Crippen molar-refractivity contribution in [3.05, 3.63) is 62.7 Å². The molecule has 82 valence electrons. The molecule has 16 heavy (non-hydrogen) atoms. The van der Waals surface area contributed by atoms with Crippen molar-refractivity contribution < 1.29 is 0 Å². The minimum atomic E-state index is -0.0201. The average Bonchev–Trinajstić information content (AvgIpc) is 2.27. The predicted octanol–water partition coefficient (Wildman–Crippen LogP) is 2.36. The van der Waals surface area contributed by atoms with Gasteiger partial charge in [0.1, 0.15) is 0 Å². The number of nitrogens with zero attached hydrogens (tertiary/aromatic N) is 2. The van der Waals surface area contributed by atoms with E-state index < -0.39 is 0 Å². The highest BCUT2D eigenvalue weighted by atomic mass is 79.9. The fourth-order valence-corrected chi connectivity index (χ4v) is 1.85. The van der Waals surface area contributed by atoms with E-state index in [4.69, 9.17) is 0 Å². The summed E-state index contributed by atoms with van der Waals surface area (Å²) in [7, 11) is 0. The lowest BCUT2D eigenvalue weighted by Crippen LogP contribution is -2.19. The number of pyridine rings is 2. The molecule has 0 aliphatic carbocycles. The standard InChI is InChI=1S/C12H11BrN2O/c1-9-3-2-6-14-11(9)8-15-7-10(13)4-5-12(15)16/h2-7H,8H2,1H3. The molecular weight excluding hydrogens is 268 g/mol. The van der Waals surface area contributed by atoms with Crippen molar-refractivity contribution in [2.75, 3.05) is 0 Å². The average molecular weight is 279 g/mol. The van der Waals surface area contributed by atoms with E-state index in [9.17, 15) is 4.79 Å². The van der Waals surface area contributed by atoms with Crippen LogP contribution in [0.4, 0.5) is 0 Å². The number of hydrogen-bond acceptors (Lipinski definition) is 2. The van der Waals surface area contributed by atoms with E-state index in [-0.39, 0.29) is 5.56 Å². The molecule has 2 aromatic rings. The second-order valence-corrected chi connectivity index (χ2v) is 4.50. The summed E-state index contributed by atoms with van der Waals surface area (Å²) in [5.74, 6) is 0. The van der Waals surface area contributed by atoms with Crippen LogP contribution in [-0.4, -0.2) is 9.55 Å². The molecular formula is C12H11BrN2O. The Balaban J connectivity index is 2.38. The van der Waals surface area contributed by atoms with Gasteiger partial charge in [0.05, 0.1) is 12.2 Å². The number of aromatic nitrogens is 2. The van der Waals surface area contributed by atoms with Crippen LogP contribution in [0, 0.1) is 6.92 Å². The Hall–Kier alpha value is -1.42. The monoisotopic (exact) mass is 278 g/mol. The fourth-order valence-electron chi connectivity index (χ4n) is 1.47. The minimum Gasteiger partial charge on any atom is -0.308 e. The molecule has 0 unspecified atom stereocenters. The van der Waals surface area contributed by atoms with Crippen LogP contribution < -0.4 is 5.56 Å². The highest BCUT2D eigenvalue weighted by Gasteiger charge is 2.02. The first kappa shape index (κ1) is 11.1. The molecule has 0 bridgehead atoms. The second-order valence-electron chi connectivity index (χ2n) is 3.58. The predicted molar refractivity (Wildman–Crippen MR) is 66.5 cm³/mol. The van der Waals surface area contributed by atoms with Crippen molar-refractivity contribution in [1.29, 1.82) is 0 Å². The van der Waals surface area contributed by atoms with Crippen molar-refractivity contribution >= 4 is 15.9 Å². The van der Waals surface area contributed by atoms with Gasteiger partial charge in [-0.05, 0) is 40.5 Å². The van der Waals surface area contributed by atoms with Gasteiger partial charge in [0.25, 0.3) is 5.56 Å². The van der Waals surface area contributed by atoms with E-state index in [1.54, 1.807) is 29.1 Å². The van der Waals surface area contributed by atoms with Gasteiger partial charge in [-0.3, -0.25) is 9.78 Å².